The number of benzene rings is 1. The molecule has 0 aliphatic heterocycles. The molecule has 2 aromatic rings. The van der Waals surface area contributed by atoms with Crippen LogP contribution in [-0.4, -0.2) is 21.4 Å². The van der Waals surface area contributed by atoms with Gasteiger partial charge >= 0.3 is 0 Å². The van der Waals surface area contributed by atoms with E-state index in [4.69, 9.17) is 4.52 Å². The molecule has 0 aliphatic carbocycles. The van der Waals surface area contributed by atoms with Crippen LogP contribution in [0.15, 0.2) is 33.3 Å². The van der Waals surface area contributed by atoms with Crippen LogP contribution in [0, 0.1) is 0 Å². The van der Waals surface area contributed by atoms with Crippen molar-refractivity contribution >= 4 is 15.9 Å². The Kier molecular flexibility index (Phi) is 4.49. The molecule has 0 saturated heterocycles. The van der Waals surface area contributed by atoms with Crippen LogP contribution in [0.1, 0.15) is 30.6 Å². The molecule has 5 heteroatoms. The molecule has 0 aliphatic rings. The van der Waals surface area contributed by atoms with Crippen LogP contribution in [0.3, 0.4) is 0 Å². The van der Waals surface area contributed by atoms with Gasteiger partial charge in [0.2, 0.25) is 5.89 Å². The van der Waals surface area contributed by atoms with Crippen molar-refractivity contribution in [2.75, 3.05) is 0 Å². The normalized spacial score (nSPS) is 12.6. The molecule has 18 heavy (non-hydrogen) atoms. The third-order valence-electron chi connectivity index (χ3n) is 2.64. The van der Waals surface area contributed by atoms with Crippen LogP contribution in [0.2, 0.25) is 0 Å². The van der Waals surface area contributed by atoms with Gasteiger partial charge in [0, 0.05) is 10.9 Å². The number of hydrogen-bond acceptors (Lipinski definition) is 4. The molecule has 0 bridgehead atoms. The number of rotatable bonds is 5. The lowest BCUT2D eigenvalue weighted by Gasteiger charge is -2.01. The van der Waals surface area contributed by atoms with E-state index >= 15 is 0 Å². The Morgan fingerprint density at radius 2 is 2.28 bits per heavy atom. The van der Waals surface area contributed by atoms with Crippen molar-refractivity contribution in [2.24, 2.45) is 0 Å². The summed E-state index contributed by atoms with van der Waals surface area (Å²) in [4.78, 5) is 4.27. The molecule has 0 radical (unpaired) electrons. The van der Waals surface area contributed by atoms with E-state index in [-0.39, 0.29) is 0 Å². The van der Waals surface area contributed by atoms with Crippen LogP contribution >= 0.6 is 15.9 Å². The average molecular weight is 311 g/mol. The van der Waals surface area contributed by atoms with Crippen LogP contribution in [-0.2, 0) is 12.8 Å². The molecule has 1 aromatic carbocycles. The lowest BCUT2D eigenvalue weighted by Crippen LogP contribution is -2.08. The summed E-state index contributed by atoms with van der Waals surface area (Å²) < 4.78 is 6.14. The van der Waals surface area contributed by atoms with Crippen molar-refractivity contribution < 1.29 is 9.63 Å². The summed E-state index contributed by atoms with van der Waals surface area (Å²) in [5, 5.41) is 13.4. The Hall–Kier alpha value is -1.20. The fraction of sp³-hybridized carbons (Fsp3) is 0.385. The van der Waals surface area contributed by atoms with Crippen molar-refractivity contribution in [3.63, 3.8) is 0 Å². The molecular weight excluding hydrogens is 296 g/mol. The average Bonchev–Trinajstić information content (AvgIpc) is 2.76. The molecule has 0 amide bonds. The van der Waals surface area contributed by atoms with Crippen molar-refractivity contribution in [2.45, 2.75) is 32.3 Å². The van der Waals surface area contributed by atoms with E-state index in [1.165, 1.54) is 0 Å². The maximum Gasteiger partial charge on any atom is 0.229 e. The van der Waals surface area contributed by atoms with Gasteiger partial charge in [0.05, 0.1) is 12.5 Å². The number of aliphatic hydroxyl groups is 1. The van der Waals surface area contributed by atoms with Gasteiger partial charge in [-0.3, -0.25) is 0 Å². The van der Waals surface area contributed by atoms with Gasteiger partial charge in [0.1, 0.15) is 0 Å². The van der Waals surface area contributed by atoms with Crippen molar-refractivity contribution in [1.29, 1.82) is 0 Å². The maximum atomic E-state index is 9.51. The monoisotopic (exact) mass is 310 g/mol. The number of halogens is 1. The highest BCUT2D eigenvalue weighted by Gasteiger charge is 2.11. The van der Waals surface area contributed by atoms with E-state index in [1.54, 1.807) is 0 Å². The largest absolute Gasteiger partial charge is 0.393 e. The predicted molar refractivity (Wildman–Crippen MR) is 71.2 cm³/mol. The van der Waals surface area contributed by atoms with E-state index in [0.29, 0.717) is 31.0 Å². The molecule has 1 aromatic heterocycles. The molecule has 1 N–H and O–H groups in total. The lowest BCUT2D eigenvalue weighted by molar-refractivity contribution is 0.158. The first-order chi connectivity index (χ1) is 8.67. The van der Waals surface area contributed by atoms with E-state index in [2.05, 4.69) is 26.1 Å². The standard InChI is InChI=1S/C13H15BrN2O2/c1-2-11(17)8-13-15-12(16-18-13)7-9-4-3-5-10(14)6-9/h3-6,11,17H,2,7-8H2,1H3. The van der Waals surface area contributed by atoms with Gasteiger partial charge in [0.15, 0.2) is 5.82 Å². The van der Waals surface area contributed by atoms with Gasteiger partial charge in [-0.2, -0.15) is 4.98 Å². The van der Waals surface area contributed by atoms with Crippen LogP contribution in [0.4, 0.5) is 0 Å². The van der Waals surface area contributed by atoms with E-state index < -0.39 is 6.10 Å². The second kappa shape index (κ2) is 6.11. The summed E-state index contributed by atoms with van der Waals surface area (Å²) in [7, 11) is 0. The summed E-state index contributed by atoms with van der Waals surface area (Å²) in [5.41, 5.74) is 1.12. The topological polar surface area (TPSA) is 59.2 Å². The summed E-state index contributed by atoms with van der Waals surface area (Å²) in [6, 6.07) is 7.99. The fourth-order valence-electron chi connectivity index (χ4n) is 1.62. The van der Waals surface area contributed by atoms with Gasteiger partial charge < -0.3 is 9.63 Å². The van der Waals surface area contributed by atoms with E-state index in [0.717, 1.165) is 10.0 Å². The van der Waals surface area contributed by atoms with Crippen molar-refractivity contribution in [3.05, 3.63) is 46.0 Å². The third-order valence-corrected chi connectivity index (χ3v) is 3.14. The fourth-order valence-corrected chi connectivity index (χ4v) is 2.07. The first-order valence-corrected chi connectivity index (χ1v) is 6.70. The number of aliphatic hydroxyl groups excluding tert-OH is 1. The van der Waals surface area contributed by atoms with Gasteiger partial charge in [-0.15, -0.1) is 0 Å². The third kappa shape index (κ3) is 3.65. The summed E-state index contributed by atoms with van der Waals surface area (Å²) >= 11 is 3.43. The quantitative estimate of drug-likeness (QED) is 0.922. The summed E-state index contributed by atoms with van der Waals surface area (Å²) in [5.74, 6) is 1.14. The van der Waals surface area contributed by atoms with E-state index in [9.17, 15) is 5.11 Å². The van der Waals surface area contributed by atoms with Gasteiger partial charge in [0.25, 0.3) is 0 Å². The van der Waals surface area contributed by atoms with Crippen molar-refractivity contribution in [1.82, 2.24) is 10.1 Å². The Balaban J connectivity index is 2.02. The Morgan fingerprint density at radius 3 is 3.00 bits per heavy atom. The Morgan fingerprint density at radius 1 is 1.44 bits per heavy atom. The predicted octanol–water partition coefficient (Wildman–Crippen LogP) is 2.74. The van der Waals surface area contributed by atoms with Crippen LogP contribution < -0.4 is 0 Å². The van der Waals surface area contributed by atoms with E-state index in [1.807, 2.05) is 31.2 Å². The van der Waals surface area contributed by atoms with Crippen LogP contribution in [0.25, 0.3) is 0 Å². The maximum absolute atomic E-state index is 9.51. The van der Waals surface area contributed by atoms with Crippen LogP contribution in [0.5, 0.6) is 0 Å². The lowest BCUT2D eigenvalue weighted by atomic mass is 10.1. The highest BCUT2D eigenvalue weighted by atomic mass is 79.9. The zero-order valence-electron chi connectivity index (χ0n) is 10.1. The molecule has 4 nitrogen and oxygen atoms in total. The Bertz CT molecular complexity index is 513. The SMILES string of the molecule is CCC(O)Cc1nc(Cc2cccc(Br)c2)no1. The summed E-state index contributed by atoms with van der Waals surface area (Å²) in [6.07, 6.45) is 1.32. The highest BCUT2D eigenvalue weighted by molar-refractivity contribution is 9.10. The first kappa shape index (κ1) is 13.2. The molecule has 0 spiro atoms. The zero-order chi connectivity index (χ0) is 13.0. The second-order valence-corrected chi connectivity index (χ2v) is 5.09. The Labute approximate surface area is 114 Å². The summed E-state index contributed by atoms with van der Waals surface area (Å²) in [6.45, 7) is 1.92. The molecule has 96 valence electrons. The molecular formula is C13H15BrN2O2. The van der Waals surface area contributed by atoms with Gasteiger partial charge in [-0.05, 0) is 24.1 Å². The second-order valence-electron chi connectivity index (χ2n) is 4.18. The zero-order valence-corrected chi connectivity index (χ0v) is 11.7. The molecule has 1 atom stereocenters. The molecule has 1 unspecified atom stereocenters. The first-order valence-electron chi connectivity index (χ1n) is 5.91. The van der Waals surface area contributed by atoms with Gasteiger partial charge in [-0.25, -0.2) is 0 Å². The minimum atomic E-state index is -0.413. The number of aromatic nitrogens is 2. The minimum absolute atomic E-state index is 0.413. The highest BCUT2D eigenvalue weighted by Crippen LogP contribution is 2.14. The molecule has 1 heterocycles. The smallest absolute Gasteiger partial charge is 0.229 e. The molecule has 2 rings (SSSR count). The van der Waals surface area contributed by atoms with Crippen molar-refractivity contribution in [3.8, 4) is 0 Å². The number of nitrogens with zero attached hydrogens (tertiary/aromatic N) is 2. The van der Waals surface area contributed by atoms with Gasteiger partial charge in [-0.1, -0.05) is 40.1 Å². The minimum Gasteiger partial charge on any atom is -0.393 e. The number of hydrogen-bond donors (Lipinski definition) is 1. The molecule has 0 saturated carbocycles. The molecule has 0 fully saturated rings.